The zero-order valence-corrected chi connectivity index (χ0v) is 16.0. The van der Waals surface area contributed by atoms with E-state index < -0.39 is 28.5 Å². The van der Waals surface area contributed by atoms with Gasteiger partial charge in [-0.3, -0.25) is 4.79 Å². The van der Waals surface area contributed by atoms with Gasteiger partial charge in [0.05, 0.1) is 23.3 Å². The van der Waals surface area contributed by atoms with Gasteiger partial charge in [-0.25, -0.2) is 17.9 Å². The average molecular weight is 404 g/mol. The third-order valence-corrected chi connectivity index (χ3v) is 5.51. The van der Waals surface area contributed by atoms with Crippen LogP contribution in [-0.4, -0.2) is 40.1 Å². The highest BCUT2D eigenvalue weighted by Crippen LogP contribution is 2.23. The maximum Gasteiger partial charge on any atom is 0.338 e. The standard InChI is InChI=1S/C19H20N2O6S/c1-26-17-8-3-2-7-16(17)20-18(22)12-27-19(23)13-5-4-6-15(11-13)28(24,25)21-14-9-10-14/h2-8,11,14,21H,9-10,12H2,1H3,(H,20,22). The minimum atomic E-state index is -3.68. The van der Waals surface area contributed by atoms with Crippen molar-refractivity contribution in [2.24, 2.45) is 0 Å². The molecule has 8 nitrogen and oxygen atoms in total. The summed E-state index contributed by atoms with van der Waals surface area (Å²) in [6, 6.07) is 12.3. The van der Waals surface area contributed by atoms with Crippen molar-refractivity contribution in [1.29, 1.82) is 0 Å². The van der Waals surface area contributed by atoms with E-state index in [2.05, 4.69) is 10.0 Å². The Morgan fingerprint density at radius 3 is 2.57 bits per heavy atom. The van der Waals surface area contributed by atoms with Crippen LogP contribution in [0.2, 0.25) is 0 Å². The molecule has 1 aliphatic carbocycles. The van der Waals surface area contributed by atoms with Gasteiger partial charge in [0.2, 0.25) is 10.0 Å². The fourth-order valence-electron chi connectivity index (χ4n) is 2.43. The average Bonchev–Trinajstić information content (AvgIpc) is 3.50. The first kappa shape index (κ1) is 19.8. The van der Waals surface area contributed by atoms with E-state index in [-0.39, 0.29) is 16.5 Å². The fourth-order valence-corrected chi connectivity index (χ4v) is 3.78. The highest BCUT2D eigenvalue weighted by atomic mass is 32.2. The molecule has 9 heteroatoms. The van der Waals surface area contributed by atoms with Crippen molar-refractivity contribution in [3.8, 4) is 5.75 Å². The quantitative estimate of drug-likeness (QED) is 0.651. The number of benzene rings is 2. The van der Waals surface area contributed by atoms with Crippen LogP contribution >= 0.6 is 0 Å². The number of amides is 1. The molecule has 28 heavy (non-hydrogen) atoms. The number of methoxy groups -OCH3 is 1. The predicted molar refractivity (Wildman–Crippen MR) is 102 cm³/mol. The minimum Gasteiger partial charge on any atom is -0.495 e. The summed E-state index contributed by atoms with van der Waals surface area (Å²) in [4.78, 5) is 24.2. The topological polar surface area (TPSA) is 111 Å². The van der Waals surface area contributed by atoms with Crippen molar-refractivity contribution in [3.05, 3.63) is 54.1 Å². The number of nitrogens with one attached hydrogen (secondary N) is 2. The van der Waals surface area contributed by atoms with Gasteiger partial charge in [0, 0.05) is 6.04 Å². The first-order chi connectivity index (χ1) is 13.4. The molecular weight excluding hydrogens is 384 g/mol. The fraction of sp³-hybridized carbons (Fsp3) is 0.263. The number of anilines is 1. The maximum absolute atomic E-state index is 12.2. The van der Waals surface area contributed by atoms with E-state index in [1.54, 1.807) is 24.3 Å². The molecule has 0 unspecified atom stereocenters. The molecule has 2 aromatic carbocycles. The number of hydrogen-bond donors (Lipinski definition) is 2. The van der Waals surface area contributed by atoms with Crippen LogP contribution in [0.1, 0.15) is 23.2 Å². The van der Waals surface area contributed by atoms with E-state index in [4.69, 9.17) is 9.47 Å². The van der Waals surface area contributed by atoms with Crippen molar-refractivity contribution in [1.82, 2.24) is 4.72 Å². The van der Waals surface area contributed by atoms with Crippen LogP contribution in [0.3, 0.4) is 0 Å². The largest absolute Gasteiger partial charge is 0.495 e. The van der Waals surface area contributed by atoms with Crippen LogP contribution in [0, 0.1) is 0 Å². The van der Waals surface area contributed by atoms with Crippen molar-refractivity contribution < 1.29 is 27.5 Å². The number of hydrogen-bond acceptors (Lipinski definition) is 6. The molecule has 1 saturated carbocycles. The Hall–Kier alpha value is -2.91. The zero-order valence-electron chi connectivity index (χ0n) is 15.2. The lowest BCUT2D eigenvalue weighted by molar-refractivity contribution is -0.119. The lowest BCUT2D eigenvalue weighted by atomic mass is 10.2. The molecule has 2 N–H and O–H groups in total. The highest BCUT2D eigenvalue weighted by molar-refractivity contribution is 7.89. The molecule has 0 atom stereocenters. The molecule has 0 aliphatic heterocycles. The molecule has 1 amide bonds. The van der Waals surface area contributed by atoms with Crippen LogP contribution in [0.5, 0.6) is 5.75 Å². The van der Waals surface area contributed by atoms with Crippen molar-refractivity contribution in [2.45, 2.75) is 23.8 Å². The lowest BCUT2D eigenvalue weighted by Gasteiger charge is -2.10. The molecule has 0 radical (unpaired) electrons. The van der Waals surface area contributed by atoms with Gasteiger partial charge in [-0.05, 0) is 43.2 Å². The number of carbonyl (C=O) groups is 2. The summed E-state index contributed by atoms with van der Waals surface area (Å²) in [5.74, 6) is -0.862. The Morgan fingerprint density at radius 2 is 1.86 bits per heavy atom. The van der Waals surface area contributed by atoms with Crippen molar-refractivity contribution in [2.75, 3.05) is 19.0 Å². The first-order valence-electron chi connectivity index (χ1n) is 8.61. The van der Waals surface area contributed by atoms with Gasteiger partial charge in [0.25, 0.3) is 5.91 Å². The Bertz CT molecular complexity index is 985. The van der Waals surface area contributed by atoms with E-state index >= 15 is 0 Å². The van der Waals surface area contributed by atoms with Gasteiger partial charge >= 0.3 is 5.97 Å². The Kier molecular flexibility index (Phi) is 5.96. The predicted octanol–water partition coefficient (Wildman–Crippen LogP) is 1.93. The lowest BCUT2D eigenvalue weighted by Crippen LogP contribution is -2.26. The van der Waals surface area contributed by atoms with E-state index in [0.29, 0.717) is 11.4 Å². The Morgan fingerprint density at radius 1 is 1.11 bits per heavy atom. The second kappa shape index (κ2) is 8.41. The second-order valence-corrected chi connectivity index (χ2v) is 7.96. The van der Waals surface area contributed by atoms with E-state index in [1.807, 2.05) is 0 Å². The van der Waals surface area contributed by atoms with Crippen LogP contribution in [0.25, 0.3) is 0 Å². The molecular formula is C19H20N2O6S. The third kappa shape index (κ3) is 5.08. The van der Waals surface area contributed by atoms with Gasteiger partial charge < -0.3 is 14.8 Å². The van der Waals surface area contributed by atoms with Gasteiger partial charge in [0.1, 0.15) is 5.75 Å². The summed E-state index contributed by atoms with van der Waals surface area (Å²) < 4.78 is 37.2. The molecule has 3 rings (SSSR count). The first-order valence-corrected chi connectivity index (χ1v) is 10.1. The molecule has 148 valence electrons. The Labute approximate surface area is 162 Å². The second-order valence-electron chi connectivity index (χ2n) is 6.25. The van der Waals surface area contributed by atoms with E-state index in [0.717, 1.165) is 12.8 Å². The molecule has 0 heterocycles. The smallest absolute Gasteiger partial charge is 0.338 e. The summed E-state index contributed by atoms with van der Waals surface area (Å²) in [6.45, 7) is -0.520. The van der Waals surface area contributed by atoms with Crippen molar-refractivity contribution in [3.63, 3.8) is 0 Å². The van der Waals surface area contributed by atoms with Crippen LogP contribution < -0.4 is 14.8 Å². The van der Waals surface area contributed by atoms with Gasteiger partial charge in [0.15, 0.2) is 6.61 Å². The van der Waals surface area contributed by atoms with Gasteiger partial charge in [-0.15, -0.1) is 0 Å². The number of esters is 1. The number of carbonyl (C=O) groups excluding carboxylic acids is 2. The SMILES string of the molecule is COc1ccccc1NC(=O)COC(=O)c1cccc(S(=O)(=O)NC2CC2)c1. The molecule has 0 spiro atoms. The molecule has 2 aromatic rings. The number of para-hydroxylation sites is 2. The third-order valence-electron chi connectivity index (χ3n) is 3.99. The van der Waals surface area contributed by atoms with Crippen LogP contribution in [0.4, 0.5) is 5.69 Å². The number of sulfonamides is 1. The maximum atomic E-state index is 12.2. The van der Waals surface area contributed by atoms with Crippen molar-refractivity contribution >= 4 is 27.6 Å². The van der Waals surface area contributed by atoms with Gasteiger partial charge in [-0.2, -0.15) is 0 Å². The normalized spacial score (nSPS) is 13.6. The summed E-state index contributed by atoms with van der Waals surface area (Å²) in [5, 5.41) is 2.59. The molecule has 0 bridgehead atoms. The summed E-state index contributed by atoms with van der Waals surface area (Å²) in [6.07, 6.45) is 1.62. The Balaban J connectivity index is 1.60. The van der Waals surface area contributed by atoms with Gasteiger partial charge in [-0.1, -0.05) is 18.2 Å². The zero-order chi connectivity index (χ0) is 20.1. The van der Waals surface area contributed by atoms with E-state index in [1.165, 1.54) is 31.4 Å². The molecule has 0 aromatic heterocycles. The molecule has 1 aliphatic rings. The van der Waals surface area contributed by atoms with Crippen LogP contribution in [0.15, 0.2) is 53.4 Å². The highest BCUT2D eigenvalue weighted by Gasteiger charge is 2.28. The summed E-state index contributed by atoms with van der Waals surface area (Å²) in [5.41, 5.74) is 0.494. The molecule has 1 fully saturated rings. The minimum absolute atomic E-state index is 0.0210. The summed E-state index contributed by atoms with van der Waals surface area (Å²) in [7, 11) is -2.21. The van der Waals surface area contributed by atoms with Crippen LogP contribution in [-0.2, 0) is 19.6 Å². The number of rotatable bonds is 8. The summed E-state index contributed by atoms with van der Waals surface area (Å²) >= 11 is 0. The number of ether oxygens (including phenoxy) is 2. The molecule has 0 saturated heterocycles. The monoisotopic (exact) mass is 404 g/mol. The van der Waals surface area contributed by atoms with E-state index in [9.17, 15) is 18.0 Å².